The molecule has 12 heteroatoms. The van der Waals surface area contributed by atoms with Crippen LogP contribution in [0.5, 0.6) is 11.5 Å². The van der Waals surface area contributed by atoms with Gasteiger partial charge in [0.05, 0.1) is 55.2 Å². The number of amidine groups is 1. The molecule has 1 N–H and O–H groups in total. The van der Waals surface area contributed by atoms with Crippen molar-refractivity contribution < 1.29 is 38.1 Å². The molecule has 2 aliphatic rings. The molecule has 0 aliphatic carbocycles. The van der Waals surface area contributed by atoms with E-state index in [1.807, 2.05) is 6.07 Å². The topological polar surface area (TPSA) is 133 Å². The third-order valence-electron chi connectivity index (χ3n) is 6.47. The van der Waals surface area contributed by atoms with Crippen molar-refractivity contribution in [1.29, 1.82) is 0 Å². The average Bonchev–Trinajstić information content (AvgIpc) is 2.97. The van der Waals surface area contributed by atoms with E-state index in [0.717, 1.165) is 11.8 Å². The maximum atomic E-state index is 13.6. The lowest BCUT2D eigenvalue weighted by Crippen LogP contribution is -2.50. The number of anilines is 1. The molecule has 0 saturated carbocycles. The molecular weight excluding hydrogens is 562 g/mol. The highest BCUT2D eigenvalue weighted by molar-refractivity contribution is 8.18. The van der Waals surface area contributed by atoms with Crippen LogP contribution >= 0.6 is 11.8 Å². The van der Waals surface area contributed by atoms with E-state index in [1.54, 1.807) is 45.0 Å². The van der Waals surface area contributed by atoms with Crippen molar-refractivity contribution in [2.24, 2.45) is 4.99 Å². The standard InChI is InChI=1S/C30H31N3O8S/c1-6-40-28(36)18-11-13-20(14-12-18)32-27(35)23-16-24(34)33-21(15-19-9-8-10-22(38-4)26(19)39-5)25(29(37)41-7-2)17(3)31-30(33)42-23/h8-14,16,21H,6-7,15H2,1-5H3,(H,32,35). The first kappa shape index (κ1) is 30.4. The number of amides is 2. The number of benzene rings is 2. The van der Waals surface area contributed by atoms with Crippen LogP contribution in [-0.2, 0) is 30.3 Å². The number of aliphatic imine (C=N–C) groups is 1. The molecule has 0 radical (unpaired) electrons. The lowest BCUT2D eigenvalue weighted by molar-refractivity contribution is -0.139. The zero-order chi connectivity index (χ0) is 30.4. The number of methoxy groups -OCH3 is 2. The number of esters is 2. The van der Waals surface area contributed by atoms with Crippen molar-refractivity contribution in [3.8, 4) is 11.5 Å². The quantitative estimate of drug-likeness (QED) is 0.404. The van der Waals surface area contributed by atoms with Gasteiger partial charge in [0.1, 0.15) is 0 Å². The van der Waals surface area contributed by atoms with Crippen molar-refractivity contribution in [1.82, 2.24) is 4.90 Å². The van der Waals surface area contributed by atoms with Gasteiger partial charge in [0.25, 0.3) is 11.8 Å². The first-order chi connectivity index (χ1) is 20.2. The number of carbonyl (C=O) groups excluding carboxylic acids is 4. The predicted molar refractivity (Wildman–Crippen MR) is 157 cm³/mol. The number of hydrogen-bond acceptors (Lipinski definition) is 10. The number of para-hydroxylation sites is 1. The monoisotopic (exact) mass is 593 g/mol. The van der Waals surface area contributed by atoms with Gasteiger partial charge in [-0.2, -0.15) is 0 Å². The summed E-state index contributed by atoms with van der Waals surface area (Å²) in [7, 11) is 3.04. The summed E-state index contributed by atoms with van der Waals surface area (Å²) in [4.78, 5) is 57.8. The minimum atomic E-state index is -0.783. The number of nitrogens with zero attached hydrogens (tertiary/aromatic N) is 2. The van der Waals surface area contributed by atoms with Crippen LogP contribution in [0.2, 0.25) is 0 Å². The molecule has 11 nitrogen and oxygen atoms in total. The van der Waals surface area contributed by atoms with Gasteiger partial charge in [-0.3, -0.25) is 14.5 Å². The molecule has 0 spiro atoms. The molecule has 1 unspecified atom stereocenters. The van der Waals surface area contributed by atoms with Crippen LogP contribution in [0.15, 0.2) is 69.7 Å². The second-order valence-corrected chi connectivity index (χ2v) is 10.1. The van der Waals surface area contributed by atoms with E-state index in [1.165, 1.54) is 37.3 Å². The van der Waals surface area contributed by atoms with Gasteiger partial charge in [0.15, 0.2) is 16.7 Å². The Morgan fingerprint density at radius 2 is 1.67 bits per heavy atom. The molecule has 1 atom stereocenters. The summed E-state index contributed by atoms with van der Waals surface area (Å²) >= 11 is 1.01. The zero-order valence-electron chi connectivity index (χ0n) is 23.9. The Morgan fingerprint density at radius 1 is 0.976 bits per heavy atom. The Balaban J connectivity index is 1.64. The first-order valence-electron chi connectivity index (χ1n) is 13.2. The van der Waals surface area contributed by atoms with Gasteiger partial charge in [-0.15, -0.1) is 0 Å². The summed E-state index contributed by atoms with van der Waals surface area (Å²) in [6.45, 7) is 5.48. The summed E-state index contributed by atoms with van der Waals surface area (Å²) in [5, 5.41) is 2.99. The largest absolute Gasteiger partial charge is 0.493 e. The highest BCUT2D eigenvalue weighted by Gasteiger charge is 2.42. The van der Waals surface area contributed by atoms with Gasteiger partial charge in [-0.25, -0.2) is 14.6 Å². The fourth-order valence-corrected chi connectivity index (χ4v) is 5.61. The highest BCUT2D eigenvalue weighted by atomic mass is 32.2. The molecule has 2 heterocycles. The molecule has 0 fully saturated rings. The zero-order valence-corrected chi connectivity index (χ0v) is 24.7. The second-order valence-electron chi connectivity index (χ2n) is 9.06. The van der Waals surface area contributed by atoms with Crippen LogP contribution in [-0.4, -0.2) is 67.3 Å². The number of rotatable bonds is 10. The summed E-state index contributed by atoms with van der Waals surface area (Å²) in [6, 6.07) is 10.8. The fraction of sp³-hybridized carbons (Fsp3) is 0.300. The molecule has 4 rings (SSSR count). The van der Waals surface area contributed by atoms with Crippen LogP contribution in [0, 0.1) is 0 Å². The lowest BCUT2D eigenvalue weighted by atomic mass is 9.94. The summed E-state index contributed by atoms with van der Waals surface area (Å²) < 4.78 is 21.3. The van der Waals surface area contributed by atoms with E-state index in [2.05, 4.69) is 10.3 Å². The van der Waals surface area contributed by atoms with Crippen LogP contribution in [0.1, 0.15) is 36.7 Å². The summed E-state index contributed by atoms with van der Waals surface area (Å²) in [6.07, 6.45) is 1.41. The first-order valence-corrected chi connectivity index (χ1v) is 14.0. The van der Waals surface area contributed by atoms with Crippen molar-refractivity contribution in [3.05, 3.63) is 75.8 Å². The maximum absolute atomic E-state index is 13.6. The van der Waals surface area contributed by atoms with E-state index in [4.69, 9.17) is 18.9 Å². The van der Waals surface area contributed by atoms with Gasteiger partial charge in [0.2, 0.25) is 0 Å². The molecule has 0 aromatic heterocycles. The minimum absolute atomic E-state index is 0.120. The molecule has 2 amide bonds. The second kappa shape index (κ2) is 13.4. The molecule has 42 heavy (non-hydrogen) atoms. The molecule has 2 aliphatic heterocycles. The average molecular weight is 594 g/mol. The molecule has 0 saturated heterocycles. The van der Waals surface area contributed by atoms with Gasteiger partial charge >= 0.3 is 11.9 Å². The van der Waals surface area contributed by atoms with Gasteiger partial charge in [-0.05, 0) is 62.9 Å². The normalized spacial score (nSPS) is 16.2. The lowest BCUT2D eigenvalue weighted by Gasteiger charge is -2.38. The third kappa shape index (κ3) is 6.33. The molecule has 0 bridgehead atoms. The van der Waals surface area contributed by atoms with Crippen LogP contribution in [0.4, 0.5) is 5.69 Å². The maximum Gasteiger partial charge on any atom is 0.338 e. The smallest absolute Gasteiger partial charge is 0.338 e. The Morgan fingerprint density at radius 3 is 2.31 bits per heavy atom. The Labute approximate surface area is 247 Å². The van der Waals surface area contributed by atoms with E-state index in [9.17, 15) is 19.2 Å². The number of ether oxygens (including phenoxy) is 4. The van der Waals surface area contributed by atoms with Crippen LogP contribution < -0.4 is 14.8 Å². The predicted octanol–water partition coefficient (Wildman–Crippen LogP) is 4.10. The van der Waals surface area contributed by atoms with E-state index in [-0.39, 0.29) is 35.3 Å². The molecular formula is C30H31N3O8S. The number of fused-ring (bicyclic) bond motifs is 1. The van der Waals surface area contributed by atoms with E-state index >= 15 is 0 Å². The van der Waals surface area contributed by atoms with Crippen molar-refractivity contribution in [3.63, 3.8) is 0 Å². The number of allylic oxidation sites excluding steroid dienone is 1. The van der Waals surface area contributed by atoms with Crippen LogP contribution in [0.3, 0.4) is 0 Å². The molecule has 2 aromatic rings. The van der Waals surface area contributed by atoms with Crippen molar-refractivity contribution in [2.75, 3.05) is 32.8 Å². The van der Waals surface area contributed by atoms with Crippen molar-refractivity contribution in [2.45, 2.75) is 33.2 Å². The number of carbonyl (C=O) groups is 4. The van der Waals surface area contributed by atoms with E-state index in [0.29, 0.717) is 34.0 Å². The number of hydrogen-bond donors (Lipinski definition) is 1. The third-order valence-corrected chi connectivity index (χ3v) is 7.46. The van der Waals surface area contributed by atoms with Gasteiger partial charge < -0.3 is 24.3 Å². The molecule has 220 valence electrons. The Hall–Kier alpha value is -4.58. The summed E-state index contributed by atoms with van der Waals surface area (Å²) in [5.41, 5.74) is 2.10. The number of nitrogens with one attached hydrogen (secondary N) is 1. The number of thioether (sulfide) groups is 1. The highest BCUT2D eigenvalue weighted by Crippen LogP contribution is 2.39. The van der Waals surface area contributed by atoms with E-state index < -0.39 is 29.8 Å². The van der Waals surface area contributed by atoms with Crippen molar-refractivity contribution >= 4 is 46.4 Å². The SMILES string of the molecule is CCOC(=O)C1=C(C)N=C2SC(C(=O)Nc3ccc(C(=O)OCC)cc3)=CC(=O)N2C1Cc1cccc(OC)c1OC. The fourth-order valence-electron chi connectivity index (χ4n) is 4.61. The van der Waals surface area contributed by atoms with Gasteiger partial charge in [0, 0.05) is 23.7 Å². The Bertz CT molecular complexity index is 1500. The summed E-state index contributed by atoms with van der Waals surface area (Å²) in [5.74, 6) is -1.10. The van der Waals surface area contributed by atoms with Gasteiger partial charge in [-0.1, -0.05) is 12.1 Å². The minimum Gasteiger partial charge on any atom is -0.493 e. The Kier molecular flexibility index (Phi) is 9.68. The molecule has 2 aromatic carbocycles. The van der Waals surface area contributed by atoms with Crippen LogP contribution in [0.25, 0.3) is 0 Å².